The lowest BCUT2D eigenvalue weighted by atomic mass is 9.46. The van der Waals surface area contributed by atoms with Crippen LogP contribution in [0.15, 0.2) is 29.4 Å². The van der Waals surface area contributed by atoms with Crippen molar-refractivity contribution >= 4 is 11.4 Å². The molecule has 5 rings (SSSR count). The molecular formula is C27H40N2O2. The van der Waals surface area contributed by atoms with Crippen LogP contribution < -0.4 is 4.90 Å². The highest BCUT2D eigenvalue weighted by Gasteiger charge is 2.60. The van der Waals surface area contributed by atoms with Crippen molar-refractivity contribution in [3.63, 3.8) is 0 Å². The Hall–Kier alpha value is -1.55. The topological polar surface area (TPSA) is 56.1 Å². The van der Waals surface area contributed by atoms with E-state index in [0.29, 0.717) is 29.6 Å². The average Bonchev–Trinajstić information content (AvgIpc) is 3.08. The fourth-order valence-electron chi connectivity index (χ4n) is 8.52. The van der Waals surface area contributed by atoms with Crippen molar-refractivity contribution < 1.29 is 10.3 Å². The van der Waals surface area contributed by atoms with Gasteiger partial charge in [0.25, 0.3) is 0 Å². The lowest BCUT2D eigenvalue weighted by Gasteiger charge is -2.59. The molecule has 4 nitrogen and oxygen atoms in total. The number of benzene rings is 1. The summed E-state index contributed by atoms with van der Waals surface area (Å²) in [5.74, 6) is 3.93. The van der Waals surface area contributed by atoms with Gasteiger partial charge >= 0.3 is 0 Å². The van der Waals surface area contributed by atoms with Crippen LogP contribution in [0.4, 0.5) is 5.69 Å². The average molecular weight is 425 g/mol. The summed E-state index contributed by atoms with van der Waals surface area (Å²) in [6, 6.07) is 9.24. The Labute approximate surface area is 187 Å². The van der Waals surface area contributed by atoms with Gasteiger partial charge < -0.3 is 15.2 Å². The number of fused-ring (bicyclic) bond motifs is 5. The largest absolute Gasteiger partial charge is 0.411 e. The van der Waals surface area contributed by atoms with E-state index in [2.05, 4.69) is 55.3 Å². The standard InChI is InChI=1S/C27H40N2O2/c1-26(30)14-13-20-18(15-26)7-10-21-23-11-12-24(28-31)27(23,2)16-22(25(20)21)17-5-8-19(9-6-17)29(3)4/h5-6,8-9,18,20-23,25,30-31H,7,10-16H2,1-4H3/b28-24-/t18-,20-,21?,22+,23?,25?,26+,27-/m0/s1. The lowest BCUT2D eigenvalue weighted by molar-refractivity contribution is -0.0956. The molecule has 4 heteroatoms. The predicted molar refractivity (Wildman–Crippen MR) is 126 cm³/mol. The SMILES string of the molecule is CN(C)c1ccc([C@H]2C[C@]3(C)/C(=N\O)CCC3C3CC[C@H]4C[C@](C)(O)CC[C@@H]4C32)cc1. The number of rotatable bonds is 2. The van der Waals surface area contributed by atoms with Crippen molar-refractivity contribution in [3.05, 3.63) is 29.8 Å². The van der Waals surface area contributed by atoms with Crippen molar-refractivity contribution in [2.45, 2.75) is 76.7 Å². The van der Waals surface area contributed by atoms with Crippen LogP contribution in [0.1, 0.15) is 76.7 Å². The molecule has 2 N–H and O–H groups in total. The number of hydrogen-bond donors (Lipinski definition) is 2. The smallest absolute Gasteiger partial charge is 0.0632 e. The summed E-state index contributed by atoms with van der Waals surface area (Å²) in [5.41, 5.74) is 3.29. The van der Waals surface area contributed by atoms with E-state index < -0.39 is 5.60 Å². The molecule has 4 fully saturated rings. The van der Waals surface area contributed by atoms with E-state index in [9.17, 15) is 10.3 Å². The van der Waals surface area contributed by atoms with Crippen LogP contribution in [0.25, 0.3) is 0 Å². The van der Waals surface area contributed by atoms with E-state index >= 15 is 0 Å². The van der Waals surface area contributed by atoms with E-state index in [4.69, 9.17) is 0 Å². The minimum Gasteiger partial charge on any atom is -0.411 e. The second-order valence-electron chi connectivity index (χ2n) is 11.9. The van der Waals surface area contributed by atoms with Gasteiger partial charge in [-0.3, -0.25) is 0 Å². The monoisotopic (exact) mass is 424 g/mol. The quantitative estimate of drug-likeness (QED) is 0.474. The summed E-state index contributed by atoms with van der Waals surface area (Å²) in [5, 5.41) is 24.4. The Balaban J connectivity index is 1.55. The lowest BCUT2D eigenvalue weighted by Crippen LogP contribution is -2.53. The van der Waals surface area contributed by atoms with Crippen LogP contribution in [0.2, 0.25) is 0 Å². The first-order valence-electron chi connectivity index (χ1n) is 12.4. The summed E-state index contributed by atoms with van der Waals surface area (Å²) >= 11 is 0. The molecule has 170 valence electrons. The highest BCUT2D eigenvalue weighted by molar-refractivity contribution is 5.92. The van der Waals surface area contributed by atoms with Crippen molar-refractivity contribution in [2.75, 3.05) is 19.0 Å². The molecule has 0 aliphatic heterocycles. The Morgan fingerprint density at radius 3 is 2.39 bits per heavy atom. The third kappa shape index (κ3) is 3.41. The maximum atomic E-state index is 10.8. The van der Waals surface area contributed by atoms with E-state index in [1.165, 1.54) is 30.5 Å². The Bertz CT molecular complexity index is 845. The van der Waals surface area contributed by atoms with E-state index in [1.54, 1.807) is 0 Å². The first-order valence-corrected chi connectivity index (χ1v) is 12.4. The van der Waals surface area contributed by atoms with E-state index in [-0.39, 0.29) is 5.41 Å². The third-order valence-corrected chi connectivity index (χ3v) is 9.94. The van der Waals surface area contributed by atoms with Crippen LogP contribution in [0.5, 0.6) is 0 Å². The predicted octanol–water partition coefficient (Wildman–Crippen LogP) is 5.68. The molecule has 0 spiro atoms. The Morgan fingerprint density at radius 1 is 0.968 bits per heavy atom. The maximum absolute atomic E-state index is 10.8. The molecule has 0 aromatic heterocycles. The molecule has 3 unspecified atom stereocenters. The molecule has 4 aliphatic carbocycles. The molecule has 8 atom stereocenters. The zero-order chi connectivity index (χ0) is 22.0. The molecule has 4 saturated carbocycles. The van der Waals surface area contributed by atoms with Crippen LogP contribution in [-0.2, 0) is 0 Å². The molecule has 4 aliphatic rings. The second kappa shape index (κ2) is 7.50. The molecule has 1 aromatic rings. The molecule has 31 heavy (non-hydrogen) atoms. The van der Waals surface area contributed by atoms with Gasteiger partial charge in [-0.05, 0) is 111 Å². The van der Waals surface area contributed by atoms with E-state index in [1.807, 2.05) is 6.92 Å². The van der Waals surface area contributed by atoms with Gasteiger partial charge in [-0.2, -0.15) is 0 Å². The molecule has 1 aromatic carbocycles. The zero-order valence-corrected chi connectivity index (χ0v) is 19.7. The summed E-state index contributed by atoms with van der Waals surface area (Å²) in [6.45, 7) is 4.43. The first-order chi connectivity index (χ1) is 14.7. The normalized spacial score (nSPS) is 45.6. The minimum atomic E-state index is -0.482. The maximum Gasteiger partial charge on any atom is 0.0632 e. The van der Waals surface area contributed by atoms with Gasteiger partial charge in [-0.1, -0.05) is 24.2 Å². The molecule has 0 radical (unpaired) electrons. The second-order valence-corrected chi connectivity index (χ2v) is 11.9. The molecule has 0 bridgehead atoms. The van der Waals surface area contributed by atoms with Crippen LogP contribution in [0.3, 0.4) is 0 Å². The number of aliphatic hydroxyl groups is 1. The number of nitrogens with zero attached hydrogens (tertiary/aromatic N) is 2. The zero-order valence-electron chi connectivity index (χ0n) is 19.7. The van der Waals surface area contributed by atoms with Gasteiger partial charge in [0, 0.05) is 25.2 Å². The van der Waals surface area contributed by atoms with Gasteiger partial charge in [-0.25, -0.2) is 0 Å². The van der Waals surface area contributed by atoms with Crippen molar-refractivity contribution in [2.24, 2.45) is 40.2 Å². The van der Waals surface area contributed by atoms with Crippen molar-refractivity contribution in [3.8, 4) is 0 Å². The first kappa shape index (κ1) is 21.3. The molecular weight excluding hydrogens is 384 g/mol. The highest BCUT2D eigenvalue weighted by Crippen LogP contribution is 2.65. The van der Waals surface area contributed by atoms with Crippen LogP contribution in [0, 0.1) is 35.0 Å². The number of oxime groups is 1. The fraction of sp³-hybridized carbons (Fsp3) is 0.741. The fourth-order valence-corrected chi connectivity index (χ4v) is 8.52. The van der Waals surface area contributed by atoms with Gasteiger partial charge in [-0.15, -0.1) is 0 Å². The Kier molecular flexibility index (Phi) is 5.16. The summed E-state index contributed by atoms with van der Waals surface area (Å²) in [6.07, 6.45) is 8.83. The van der Waals surface area contributed by atoms with Gasteiger partial charge in [0.05, 0.1) is 11.3 Å². The third-order valence-electron chi connectivity index (χ3n) is 9.94. The molecule has 0 amide bonds. The van der Waals surface area contributed by atoms with Gasteiger partial charge in [0.15, 0.2) is 0 Å². The highest BCUT2D eigenvalue weighted by atomic mass is 16.4. The summed E-state index contributed by atoms with van der Waals surface area (Å²) < 4.78 is 0. The molecule has 0 saturated heterocycles. The van der Waals surface area contributed by atoms with E-state index in [0.717, 1.165) is 43.7 Å². The van der Waals surface area contributed by atoms with Crippen molar-refractivity contribution in [1.82, 2.24) is 0 Å². The van der Waals surface area contributed by atoms with Crippen LogP contribution >= 0.6 is 0 Å². The van der Waals surface area contributed by atoms with Crippen molar-refractivity contribution in [1.29, 1.82) is 0 Å². The summed E-state index contributed by atoms with van der Waals surface area (Å²) in [4.78, 5) is 2.16. The van der Waals surface area contributed by atoms with Gasteiger partial charge in [0.2, 0.25) is 0 Å². The summed E-state index contributed by atoms with van der Waals surface area (Å²) in [7, 11) is 4.19. The number of anilines is 1. The Morgan fingerprint density at radius 2 is 1.71 bits per heavy atom. The van der Waals surface area contributed by atoms with Crippen LogP contribution in [-0.4, -0.2) is 35.7 Å². The van der Waals surface area contributed by atoms with Gasteiger partial charge in [0.1, 0.15) is 0 Å². The molecule has 0 heterocycles. The minimum absolute atomic E-state index is 0.0216. The number of hydrogen-bond acceptors (Lipinski definition) is 4.